The summed E-state index contributed by atoms with van der Waals surface area (Å²) in [6, 6.07) is 13.6. The van der Waals surface area contributed by atoms with Crippen LogP contribution in [0.25, 0.3) is 0 Å². The Bertz CT molecular complexity index is 978. The summed E-state index contributed by atoms with van der Waals surface area (Å²) in [5.41, 5.74) is 0.0335. The maximum Gasteiger partial charge on any atom is 0.325 e. The number of carbonyl (C=O) groups is 3. The van der Waals surface area contributed by atoms with Gasteiger partial charge in [0.05, 0.1) is 13.2 Å². The molecule has 0 bridgehead atoms. The van der Waals surface area contributed by atoms with Gasteiger partial charge in [-0.3, -0.25) is 14.5 Å². The van der Waals surface area contributed by atoms with Crippen LogP contribution in [0.15, 0.2) is 48.5 Å². The van der Waals surface area contributed by atoms with Crippen molar-refractivity contribution < 1.29 is 23.9 Å². The van der Waals surface area contributed by atoms with Crippen LogP contribution in [0.5, 0.6) is 11.5 Å². The average molecular weight is 409 g/mol. The fourth-order valence-corrected chi connectivity index (χ4v) is 3.72. The summed E-state index contributed by atoms with van der Waals surface area (Å²) in [7, 11) is 0. The van der Waals surface area contributed by atoms with Gasteiger partial charge in [-0.25, -0.2) is 4.79 Å². The Morgan fingerprint density at radius 3 is 2.57 bits per heavy atom. The second-order valence-electron chi connectivity index (χ2n) is 7.21. The lowest BCUT2D eigenvalue weighted by molar-refractivity contribution is -0.134. The first-order valence-corrected chi connectivity index (χ1v) is 9.92. The molecule has 1 unspecified atom stereocenters. The number of hydrogen-bond donors (Lipinski definition) is 2. The Kier molecular flexibility index (Phi) is 5.31. The highest BCUT2D eigenvalue weighted by Gasteiger charge is 2.51. The normalized spacial score (nSPS) is 20.5. The first-order valence-electron chi connectivity index (χ1n) is 9.92. The van der Waals surface area contributed by atoms with Gasteiger partial charge in [0.2, 0.25) is 5.91 Å². The number of fused-ring (bicyclic) bond motifs is 1. The number of rotatable bonds is 5. The molecule has 0 saturated carbocycles. The number of benzene rings is 2. The number of amides is 4. The average Bonchev–Trinajstić information content (AvgIpc) is 2.91. The van der Waals surface area contributed by atoms with Crippen molar-refractivity contribution in [2.45, 2.75) is 25.3 Å². The van der Waals surface area contributed by atoms with E-state index in [1.165, 1.54) is 0 Å². The Labute approximate surface area is 174 Å². The molecule has 8 heteroatoms. The summed E-state index contributed by atoms with van der Waals surface area (Å²) in [4.78, 5) is 39.2. The number of hydrogen-bond acceptors (Lipinski definition) is 5. The van der Waals surface area contributed by atoms with Crippen LogP contribution in [-0.2, 0) is 15.1 Å². The van der Waals surface area contributed by atoms with E-state index in [2.05, 4.69) is 10.6 Å². The molecule has 2 N–H and O–H groups in total. The molecule has 2 aromatic rings. The van der Waals surface area contributed by atoms with Crippen molar-refractivity contribution in [1.82, 2.24) is 10.2 Å². The molecule has 2 heterocycles. The molecule has 0 aliphatic carbocycles. The van der Waals surface area contributed by atoms with Crippen LogP contribution in [0.1, 0.15) is 25.3 Å². The van der Waals surface area contributed by atoms with Crippen molar-refractivity contribution in [3.63, 3.8) is 0 Å². The lowest BCUT2D eigenvalue weighted by atomic mass is 9.87. The third-order valence-electron chi connectivity index (χ3n) is 5.31. The third kappa shape index (κ3) is 3.56. The standard InChI is InChI=1S/C22H23N3O5/c1-2-22(15-7-4-3-5-8-15)20(27)25(21(28)24-22)14-19(26)23-16-9-10-17-18(13-16)30-12-6-11-29-17/h3-5,7-10,13H,2,6,11-12,14H2,1H3,(H,23,26)(H,24,28). The number of urea groups is 1. The van der Waals surface area contributed by atoms with Gasteiger partial charge in [0.1, 0.15) is 12.1 Å². The van der Waals surface area contributed by atoms with Crippen molar-refractivity contribution in [2.75, 3.05) is 25.1 Å². The van der Waals surface area contributed by atoms with Gasteiger partial charge in [-0.2, -0.15) is 0 Å². The summed E-state index contributed by atoms with van der Waals surface area (Å²) >= 11 is 0. The number of ether oxygens (including phenoxy) is 2. The second kappa shape index (κ2) is 8.06. The van der Waals surface area contributed by atoms with Crippen LogP contribution < -0.4 is 20.1 Å². The SMILES string of the molecule is CCC1(c2ccccc2)NC(=O)N(CC(=O)Nc2ccc3c(c2)OCCCO3)C1=O. The molecule has 156 valence electrons. The predicted octanol–water partition coefficient (Wildman–Crippen LogP) is 2.64. The highest BCUT2D eigenvalue weighted by atomic mass is 16.5. The Morgan fingerprint density at radius 1 is 1.10 bits per heavy atom. The van der Waals surface area contributed by atoms with Crippen LogP contribution in [0, 0.1) is 0 Å². The van der Waals surface area contributed by atoms with Crippen molar-refractivity contribution in [1.29, 1.82) is 0 Å². The zero-order chi connectivity index (χ0) is 21.1. The van der Waals surface area contributed by atoms with E-state index in [-0.39, 0.29) is 6.54 Å². The molecule has 2 aliphatic heterocycles. The van der Waals surface area contributed by atoms with Crippen LogP contribution >= 0.6 is 0 Å². The number of imide groups is 1. The minimum atomic E-state index is -1.16. The van der Waals surface area contributed by atoms with Crippen molar-refractivity contribution >= 4 is 23.5 Å². The summed E-state index contributed by atoms with van der Waals surface area (Å²) < 4.78 is 11.2. The molecule has 1 fully saturated rings. The van der Waals surface area contributed by atoms with Gasteiger partial charge in [-0.05, 0) is 24.1 Å². The first-order chi connectivity index (χ1) is 14.5. The molecule has 2 aromatic carbocycles. The summed E-state index contributed by atoms with van der Waals surface area (Å²) in [6.45, 7) is 2.55. The number of anilines is 1. The van der Waals surface area contributed by atoms with E-state index in [0.29, 0.717) is 42.4 Å². The zero-order valence-corrected chi connectivity index (χ0v) is 16.6. The highest BCUT2D eigenvalue weighted by molar-refractivity contribution is 6.10. The van der Waals surface area contributed by atoms with E-state index in [9.17, 15) is 14.4 Å². The molecule has 1 atom stereocenters. The van der Waals surface area contributed by atoms with Gasteiger partial charge in [0.15, 0.2) is 11.5 Å². The van der Waals surface area contributed by atoms with Crippen molar-refractivity contribution in [3.05, 3.63) is 54.1 Å². The van der Waals surface area contributed by atoms with E-state index >= 15 is 0 Å². The number of nitrogens with one attached hydrogen (secondary N) is 2. The molecule has 2 aliphatic rings. The first kappa shape index (κ1) is 19.8. The van der Waals surface area contributed by atoms with Crippen LogP contribution in [0.2, 0.25) is 0 Å². The number of carbonyl (C=O) groups excluding carboxylic acids is 3. The van der Waals surface area contributed by atoms with Crippen LogP contribution in [-0.4, -0.2) is 42.5 Å². The van der Waals surface area contributed by atoms with Gasteiger partial charge in [0.25, 0.3) is 5.91 Å². The quantitative estimate of drug-likeness (QED) is 0.740. The van der Waals surface area contributed by atoms with Crippen LogP contribution in [0.3, 0.4) is 0 Å². The molecular weight excluding hydrogens is 386 g/mol. The molecule has 0 spiro atoms. The minimum Gasteiger partial charge on any atom is -0.490 e. The van der Waals surface area contributed by atoms with E-state index in [1.54, 1.807) is 30.3 Å². The fourth-order valence-electron chi connectivity index (χ4n) is 3.72. The Balaban J connectivity index is 1.48. The molecule has 4 amide bonds. The molecule has 1 saturated heterocycles. The van der Waals surface area contributed by atoms with E-state index < -0.39 is 23.4 Å². The van der Waals surface area contributed by atoms with Gasteiger partial charge in [0, 0.05) is 18.2 Å². The molecular formula is C22H23N3O5. The van der Waals surface area contributed by atoms with Crippen molar-refractivity contribution in [3.8, 4) is 11.5 Å². The maximum atomic E-state index is 13.1. The van der Waals surface area contributed by atoms with E-state index in [1.807, 2.05) is 25.1 Å². The van der Waals surface area contributed by atoms with Crippen molar-refractivity contribution in [2.24, 2.45) is 0 Å². The second-order valence-corrected chi connectivity index (χ2v) is 7.21. The highest BCUT2D eigenvalue weighted by Crippen LogP contribution is 2.33. The van der Waals surface area contributed by atoms with Gasteiger partial charge in [-0.1, -0.05) is 37.3 Å². The fraction of sp³-hybridized carbons (Fsp3) is 0.318. The minimum absolute atomic E-state index is 0.377. The molecule has 30 heavy (non-hydrogen) atoms. The largest absolute Gasteiger partial charge is 0.490 e. The lowest BCUT2D eigenvalue weighted by Gasteiger charge is -2.25. The zero-order valence-electron chi connectivity index (χ0n) is 16.6. The molecule has 0 aromatic heterocycles. The molecule has 0 radical (unpaired) electrons. The molecule has 8 nitrogen and oxygen atoms in total. The summed E-state index contributed by atoms with van der Waals surface area (Å²) in [5, 5.41) is 5.49. The van der Waals surface area contributed by atoms with E-state index in [4.69, 9.17) is 9.47 Å². The Morgan fingerprint density at radius 2 is 1.83 bits per heavy atom. The van der Waals surface area contributed by atoms with E-state index in [0.717, 1.165) is 11.3 Å². The number of nitrogens with zero attached hydrogens (tertiary/aromatic N) is 1. The lowest BCUT2D eigenvalue weighted by Crippen LogP contribution is -2.44. The third-order valence-corrected chi connectivity index (χ3v) is 5.31. The predicted molar refractivity (Wildman–Crippen MR) is 109 cm³/mol. The monoisotopic (exact) mass is 409 g/mol. The topological polar surface area (TPSA) is 97.0 Å². The molecule has 4 rings (SSSR count). The van der Waals surface area contributed by atoms with Crippen LogP contribution in [0.4, 0.5) is 10.5 Å². The summed E-state index contributed by atoms with van der Waals surface area (Å²) in [6.07, 6.45) is 1.16. The summed E-state index contributed by atoms with van der Waals surface area (Å²) in [5.74, 6) is 0.257. The van der Waals surface area contributed by atoms with Gasteiger partial charge >= 0.3 is 6.03 Å². The Hall–Kier alpha value is -3.55. The maximum absolute atomic E-state index is 13.1. The van der Waals surface area contributed by atoms with Gasteiger partial charge in [-0.15, -0.1) is 0 Å². The van der Waals surface area contributed by atoms with Gasteiger partial charge < -0.3 is 20.1 Å². The smallest absolute Gasteiger partial charge is 0.325 e.